The first-order valence-electron chi connectivity index (χ1n) is 7.53. The van der Waals surface area contributed by atoms with Crippen LogP contribution in [0.1, 0.15) is 16.5 Å². The number of ether oxygens (including phenoxy) is 2. The third-order valence-electron chi connectivity index (χ3n) is 4.06. The van der Waals surface area contributed by atoms with E-state index in [4.69, 9.17) is 9.47 Å². The Bertz CT molecular complexity index is 595. The summed E-state index contributed by atoms with van der Waals surface area (Å²) in [5.41, 5.74) is 1.17. The van der Waals surface area contributed by atoms with Gasteiger partial charge in [0.2, 0.25) is 0 Å². The number of hydrogen-bond donors (Lipinski definition) is 1. The Morgan fingerprint density at radius 3 is 2.59 bits per heavy atom. The zero-order chi connectivity index (χ0) is 15.4. The number of methoxy groups -OCH3 is 2. The minimum absolute atomic E-state index is 0.215. The molecule has 0 aliphatic carbocycles. The highest BCUT2D eigenvalue weighted by molar-refractivity contribution is 7.10. The van der Waals surface area contributed by atoms with Crippen molar-refractivity contribution < 1.29 is 9.47 Å². The lowest BCUT2D eigenvalue weighted by molar-refractivity contribution is 0.197. The zero-order valence-corrected chi connectivity index (χ0v) is 13.9. The van der Waals surface area contributed by atoms with Crippen LogP contribution in [0.15, 0.2) is 35.7 Å². The van der Waals surface area contributed by atoms with Crippen molar-refractivity contribution in [3.63, 3.8) is 0 Å². The first kappa shape index (κ1) is 15.3. The lowest BCUT2D eigenvalue weighted by atomic mass is 10.0. The van der Waals surface area contributed by atoms with Gasteiger partial charge in [0, 0.05) is 36.6 Å². The largest absolute Gasteiger partial charge is 0.497 e. The van der Waals surface area contributed by atoms with Crippen molar-refractivity contribution >= 4 is 11.3 Å². The Morgan fingerprint density at radius 2 is 1.95 bits per heavy atom. The SMILES string of the molecule is COc1ccc(OC)c(C(c2cccs2)N2CCNCC2)c1. The van der Waals surface area contributed by atoms with Crippen LogP contribution in [-0.2, 0) is 0 Å². The number of benzene rings is 1. The molecule has 0 bridgehead atoms. The summed E-state index contributed by atoms with van der Waals surface area (Å²) >= 11 is 1.79. The Morgan fingerprint density at radius 1 is 1.14 bits per heavy atom. The Kier molecular flexibility index (Phi) is 4.97. The van der Waals surface area contributed by atoms with E-state index in [2.05, 4.69) is 33.8 Å². The van der Waals surface area contributed by atoms with Crippen molar-refractivity contribution in [1.29, 1.82) is 0 Å². The summed E-state index contributed by atoms with van der Waals surface area (Å²) in [4.78, 5) is 3.85. The minimum atomic E-state index is 0.215. The lowest BCUT2D eigenvalue weighted by Gasteiger charge is -2.35. The quantitative estimate of drug-likeness (QED) is 0.919. The second kappa shape index (κ2) is 7.13. The average Bonchev–Trinajstić information content (AvgIpc) is 3.10. The van der Waals surface area contributed by atoms with Crippen molar-refractivity contribution in [1.82, 2.24) is 10.2 Å². The fourth-order valence-electron chi connectivity index (χ4n) is 2.97. The molecule has 1 aliphatic heterocycles. The van der Waals surface area contributed by atoms with E-state index < -0.39 is 0 Å². The van der Waals surface area contributed by atoms with Gasteiger partial charge in [-0.1, -0.05) is 6.07 Å². The molecule has 1 aromatic carbocycles. The van der Waals surface area contributed by atoms with E-state index in [-0.39, 0.29) is 6.04 Å². The number of nitrogens with one attached hydrogen (secondary N) is 1. The van der Waals surface area contributed by atoms with E-state index in [1.807, 2.05) is 12.1 Å². The van der Waals surface area contributed by atoms with Crippen LogP contribution in [-0.4, -0.2) is 45.3 Å². The van der Waals surface area contributed by atoms with E-state index in [0.29, 0.717) is 0 Å². The highest BCUT2D eigenvalue weighted by atomic mass is 32.1. The molecule has 3 rings (SSSR count). The van der Waals surface area contributed by atoms with Gasteiger partial charge in [0.15, 0.2) is 0 Å². The van der Waals surface area contributed by atoms with Crippen molar-refractivity contribution in [2.75, 3.05) is 40.4 Å². The van der Waals surface area contributed by atoms with Gasteiger partial charge < -0.3 is 14.8 Å². The molecule has 1 fully saturated rings. The molecule has 0 amide bonds. The van der Waals surface area contributed by atoms with E-state index in [9.17, 15) is 0 Å². The van der Waals surface area contributed by atoms with Gasteiger partial charge in [0.05, 0.1) is 20.3 Å². The first-order chi connectivity index (χ1) is 10.8. The molecule has 5 heteroatoms. The van der Waals surface area contributed by atoms with Crippen LogP contribution in [0.2, 0.25) is 0 Å². The molecule has 0 spiro atoms. The number of nitrogens with zero attached hydrogens (tertiary/aromatic N) is 1. The van der Waals surface area contributed by atoms with Gasteiger partial charge >= 0.3 is 0 Å². The van der Waals surface area contributed by atoms with Crippen LogP contribution in [0, 0.1) is 0 Å². The fraction of sp³-hybridized carbons (Fsp3) is 0.412. The fourth-order valence-corrected chi connectivity index (χ4v) is 3.85. The van der Waals surface area contributed by atoms with Crippen molar-refractivity contribution in [3.8, 4) is 11.5 Å². The normalized spacial score (nSPS) is 17.2. The molecule has 1 unspecified atom stereocenters. The van der Waals surface area contributed by atoms with E-state index >= 15 is 0 Å². The van der Waals surface area contributed by atoms with Crippen molar-refractivity contribution in [3.05, 3.63) is 46.2 Å². The van der Waals surface area contributed by atoms with Crippen LogP contribution >= 0.6 is 11.3 Å². The van der Waals surface area contributed by atoms with Gasteiger partial charge in [0.1, 0.15) is 11.5 Å². The van der Waals surface area contributed by atoms with Gasteiger partial charge in [-0.25, -0.2) is 0 Å². The summed E-state index contributed by atoms with van der Waals surface area (Å²) in [5.74, 6) is 1.78. The van der Waals surface area contributed by atoms with Crippen molar-refractivity contribution in [2.45, 2.75) is 6.04 Å². The number of hydrogen-bond acceptors (Lipinski definition) is 5. The van der Waals surface area contributed by atoms with Gasteiger partial charge in [-0.05, 0) is 29.6 Å². The van der Waals surface area contributed by atoms with E-state index in [1.165, 1.54) is 10.4 Å². The number of piperazine rings is 1. The summed E-state index contributed by atoms with van der Waals surface area (Å²) in [6.45, 7) is 4.11. The van der Waals surface area contributed by atoms with E-state index in [0.717, 1.165) is 37.7 Å². The lowest BCUT2D eigenvalue weighted by Crippen LogP contribution is -2.45. The summed E-state index contributed by atoms with van der Waals surface area (Å²) in [5, 5.41) is 5.56. The standard InChI is InChI=1S/C17H22N2O2S/c1-20-13-5-6-15(21-2)14(12-13)17(16-4-3-11-22-16)19-9-7-18-8-10-19/h3-6,11-12,17-18H,7-10H2,1-2H3. The summed E-state index contributed by atoms with van der Waals surface area (Å²) in [7, 11) is 3.44. The summed E-state index contributed by atoms with van der Waals surface area (Å²) in [6.07, 6.45) is 0. The smallest absolute Gasteiger partial charge is 0.124 e. The topological polar surface area (TPSA) is 33.7 Å². The van der Waals surface area contributed by atoms with Crippen LogP contribution in [0.25, 0.3) is 0 Å². The average molecular weight is 318 g/mol. The molecule has 1 aliphatic rings. The third-order valence-corrected chi connectivity index (χ3v) is 4.99. The van der Waals surface area contributed by atoms with Crippen molar-refractivity contribution in [2.24, 2.45) is 0 Å². The predicted molar refractivity (Wildman–Crippen MR) is 90.2 cm³/mol. The monoisotopic (exact) mass is 318 g/mol. The predicted octanol–water partition coefficient (Wildman–Crippen LogP) is 2.76. The Hall–Kier alpha value is -1.56. The van der Waals surface area contributed by atoms with Crippen LogP contribution < -0.4 is 14.8 Å². The molecule has 1 saturated heterocycles. The molecule has 0 saturated carbocycles. The van der Waals surface area contributed by atoms with Crippen LogP contribution in [0.4, 0.5) is 0 Å². The number of rotatable bonds is 5. The van der Waals surface area contributed by atoms with Gasteiger partial charge in [-0.2, -0.15) is 0 Å². The molecule has 2 heterocycles. The molecule has 118 valence electrons. The van der Waals surface area contributed by atoms with E-state index in [1.54, 1.807) is 25.6 Å². The maximum Gasteiger partial charge on any atom is 0.124 e. The second-order valence-electron chi connectivity index (χ2n) is 5.31. The summed E-state index contributed by atoms with van der Waals surface area (Å²) < 4.78 is 11.0. The molecule has 4 nitrogen and oxygen atoms in total. The molecule has 1 aromatic heterocycles. The van der Waals surface area contributed by atoms with Gasteiger partial charge in [-0.3, -0.25) is 4.90 Å². The maximum absolute atomic E-state index is 5.62. The highest BCUT2D eigenvalue weighted by Crippen LogP contribution is 2.38. The first-order valence-corrected chi connectivity index (χ1v) is 8.41. The Labute approximate surface area is 135 Å². The molecule has 22 heavy (non-hydrogen) atoms. The van der Waals surface area contributed by atoms with Gasteiger partial charge in [-0.15, -0.1) is 11.3 Å². The minimum Gasteiger partial charge on any atom is -0.497 e. The highest BCUT2D eigenvalue weighted by Gasteiger charge is 2.27. The molecule has 1 N–H and O–H groups in total. The molecular weight excluding hydrogens is 296 g/mol. The Balaban J connectivity index is 2.04. The second-order valence-corrected chi connectivity index (χ2v) is 6.29. The zero-order valence-electron chi connectivity index (χ0n) is 13.0. The summed E-state index contributed by atoms with van der Waals surface area (Å²) in [6, 6.07) is 10.6. The maximum atomic E-state index is 5.62. The molecule has 0 radical (unpaired) electrons. The van der Waals surface area contributed by atoms with Crippen LogP contribution in [0.3, 0.4) is 0 Å². The third kappa shape index (κ3) is 3.11. The number of thiophene rings is 1. The van der Waals surface area contributed by atoms with Gasteiger partial charge in [0.25, 0.3) is 0 Å². The molecule has 2 aromatic rings. The molecular formula is C17H22N2O2S. The van der Waals surface area contributed by atoms with Crippen LogP contribution in [0.5, 0.6) is 11.5 Å². The molecule has 1 atom stereocenters.